The van der Waals surface area contributed by atoms with Crippen molar-refractivity contribution in [3.05, 3.63) is 0 Å². The smallest absolute Gasteiger partial charge is 0.328 e. The molecular weight excluding hydrogens is 334 g/mol. The average molecular weight is 340 g/mol. The van der Waals surface area contributed by atoms with Crippen molar-refractivity contribution in [2.75, 3.05) is 0 Å². The molecule has 4 heteroatoms. The molecule has 0 bridgehead atoms. The zero-order chi connectivity index (χ0) is 6.57. The van der Waals surface area contributed by atoms with Crippen molar-refractivity contribution >= 4 is 51.6 Å². The summed E-state index contributed by atoms with van der Waals surface area (Å²) in [6, 6.07) is 0. The maximum atomic E-state index is 10.5. The van der Waals surface area contributed by atoms with E-state index in [4.69, 9.17) is 0 Å². The lowest BCUT2D eigenvalue weighted by Crippen LogP contribution is -2.11. The molecule has 1 unspecified atom stereocenters. The van der Waals surface area contributed by atoms with Crippen LogP contribution in [-0.2, 0) is 7.86 Å². The summed E-state index contributed by atoms with van der Waals surface area (Å²) < 4.78 is 4.44. The maximum absolute atomic E-state index is 10.5. The van der Waals surface area contributed by atoms with Crippen molar-refractivity contribution in [2.45, 2.75) is 17.3 Å². The molecule has 0 radical (unpaired) electrons. The summed E-state index contributed by atoms with van der Waals surface area (Å²) in [6.07, 6.45) is 0.836. The van der Waals surface area contributed by atoms with Crippen LogP contribution in [0.1, 0.15) is 13.3 Å². The van der Waals surface area contributed by atoms with Gasteiger partial charge in [-0.05, 0) is 6.42 Å². The van der Waals surface area contributed by atoms with E-state index in [0.29, 0.717) is 0 Å². The van der Waals surface area contributed by atoms with Gasteiger partial charge in [0.15, 0.2) is 23.0 Å². The Kier molecular flexibility index (Phi) is 5.33. The number of carbonyl (C=O) groups excluding carboxylic acids is 1. The third-order valence-corrected chi connectivity index (χ3v) is 2.51. The van der Waals surface area contributed by atoms with Crippen LogP contribution >= 0.6 is 45.6 Å². The van der Waals surface area contributed by atoms with Crippen LogP contribution in [-0.4, -0.2) is 9.89 Å². The highest BCUT2D eigenvalue weighted by atomic mass is 127. The molecule has 0 fully saturated rings. The van der Waals surface area contributed by atoms with Crippen LogP contribution in [0.4, 0.5) is 0 Å². The number of halogens is 2. The predicted molar refractivity (Wildman–Crippen MR) is 48.2 cm³/mol. The molecule has 0 aliphatic carbocycles. The molecule has 1 atom stereocenters. The first-order valence-corrected chi connectivity index (χ1v) is 4.31. The molecule has 0 spiro atoms. The van der Waals surface area contributed by atoms with E-state index in [9.17, 15) is 4.79 Å². The lowest BCUT2D eigenvalue weighted by molar-refractivity contribution is -0.130. The van der Waals surface area contributed by atoms with Gasteiger partial charge in [-0.3, -0.25) is 4.79 Å². The number of carbonyl (C=O) groups is 1. The molecule has 0 aromatic rings. The van der Waals surface area contributed by atoms with E-state index in [1.54, 1.807) is 23.0 Å². The van der Waals surface area contributed by atoms with E-state index in [0.717, 1.165) is 6.42 Å². The van der Waals surface area contributed by atoms with Crippen LogP contribution in [0, 0.1) is 0 Å². The van der Waals surface area contributed by atoms with Gasteiger partial charge in [0.25, 0.3) is 0 Å². The minimum absolute atomic E-state index is 0.0181. The van der Waals surface area contributed by atoms with E-state index >= 15 is 0 Å². The van der Waals surface area contributed by atoms with Crippen molar-refractivity contribution in [3.63, 3.8) is 0 Å². The van der Waals surface area contributed by atoms with Gasteiger partial charge in [-0.25, -0.2) is 0 Å². The summed E-state index contributed by atoms with van der Waals surface area (Å²) in [7, 11) is 0. The first-order chi connectivity index (χ1) is 3.72. The maximum Gasteiger partial charge on any atom is 0.328 e. The van der Waals surface area contributed by atoms with E-state index in [2.05, 4.69) is 25.7 Å². The van der Waals surface area contributed by atoms with Crippen LogP contribution in [0.5, 0.6) is 0 Å². The summed E-state index contributed by atoms with van der Waals surface area (Å²) >= 11 is 3.65. The molecular formula is C4H6I2O2. The second kappa shape index (κ2) is 4.78. The Morgan fingerprint density at radius 3 is 2.50 bits per heavy atom. The lowest BCUT2D eigenvalue weighted by Gasteiger charge is -1.98. The van der Waals surface area contributed by atoms with Gasteiger partial charge in [-0.2, -0.15) is 0 Å². The second-order valence-electron chi connectivity index (χ2n) is 1.27. The number of rotatable bonds is 2. The van der Waals surface area contributed by atoms with Crippen LogP contribution in [0.3, 0.4) is 0 Å². The summed E-state index contributed by atoms with van der Waals surface area (Å²) in [6.45, 7) is 1.95. The van der Waals surface area contributed by atoms with E-state index in [-0.39, 0.29) is 9.89 Å². The molecule has 0 aliphatic heterocycles. The average Bonchev–Trinajstić information content (AvgIpc) is 1.84. The minimum atomic E-state index is -0.145. The summed E-state index contributed by atoms with van der Waals surface area (Å²) in [5, 5.41) is 0. The third-order valence-electron chi connectivity index (χ3n) is 0.690. The number of hydrogen-bond donors (Lipinski definition) is 0. The molecule has 0 amide bonds. The van der Waals surface area contributed by atoms with Gasteiger partial charge >= 0.3 is 5.97 Å². The van der Waals surface area contributed by atoms with Crippen molar-refractivity contribution in [1.29, 1.82) is 0 Å². The Morgan fingerprint density at radius 1 is 1.88 bits per heavy atom. The van der Waals surface area contributed by atoms with Gasteiger partial charge in [0.2, 0.25) is 0 Å². The normalized spacial score (nSPS) is 12.9. The highest BCUT2D eigenvalue weighted by Crippen LogP contribution is 2.08. The topological polar surface area (TPSA) is 26.3 Å². The van der Waals surface area contributed by atoms with Gasteiger partial charge in [-0.1, -0.05) is 29.5 Å². The predicted octanol–water partition coefficient (Wildman–Crippen LogP) is 2.09. The molecule has 8 heavy (non-hydrogen) atoms. The molecule has 0 aromatic heterocycles. The summed E-state index contributed by atoms with van der Waals surface area (Å²) in [5.74, 6) is -0.145. The molecule has 0 heterocycles. The molecule has 0 saturated heterocycles. The fraction of sp³-hybridized carbons (Fsp3) is 0.750. The van der Waals surface area contributed by atoms with E-state index in [1.807, 2.05) is 6.92 Å². The van der Waals surface area contributed by atoms with Gasteiger partial charge in [0, 0.05) is 0 Å². The fourth-order valence-corrected chi connectivity index (χ4v) is 1.14. The first kappa shape index (κ1) is 8.93. The quantitative estimate of drug-likeness (QED) is 0.569. The van der Waals surface area contributed by atoms with E-state index < -0.39 is 0 Å². The van der Waals surface area contributed by atoms with Crippen molar-refractivity contribution < 1.29 is 7.86 Å². The standard InChI is InChI=1S/C4H6I2O2/c1-2-3(5)4(7)8-6/h3H,2H2,1H3. The third kappa shape index (κ3) is 3.06. The first-order valence-electron chi connectivity index (χ1n) is 2.18. The van der Waals surface area contributed by atoms with Crippen LogP contribution in [0.15, 0.2) is 0 Å². The van der Waals surface area contributed by atoms with E-state index in [1.165, 1.54) is 0 Å². The SMILES string of the molecule is CCC(I)C(=O)OI. The van der Waals surface area contributed by atoms with Crippen LogP contribution < -0.4 is 0 Å². The Labute approximate surface area is 76.2 Å². The molecule has 48 valence electrons. The summed E-state index contributed by atoms with van der Waals surface area (Å²) in [5.41, 5.74) is 0. The molecule has 0 aliphatic rings. The summed E-state index contributed by atoms with van der Waals surface area (Å²) in [4.78, 5) is 10.5. The Hall–Kier alpha value is 0.930. The largest absolute Gasteiger partial charge is 0.394 e. The number of alkyl halides is 1. The highest BCUT2D eigenvalue weighted by Gasteiger charge is 2.11. The molecule has 0 saturated carbocycles. The highest BCUT2D eigenvalue weighted by molar-refractivity contribution is 14.1. The van der Waals surface area contributed by atoms with Crippen molar-refractivity contribution in [1.82, 2.24) is 0 Å². The molecule has 0 rings (SSSR count). The Balaban J connectivity index is 3.46. The Bertz CT molecular complexity index is 84.1. The fourth-order valence-electron chi connectivity index (χ4n) is 0.215. The second-order valence-corrected chi connectivity index (χ2v) is 3.22. The van der Waals surface area contributed by atoms with Crippen LogP contribution in [0.2, 0.25) is 0 Å². The van der Waals surface area contributed by atoms with Crippen molar-refractivity contribution in [2.24, 2.45) is 0 Å². The van der Waals surface area contributed by atoms with Gasteiger partial charge < -0.3 is 3.07 Å². The zero-order valence-corrected chi connectivity index (χ0v) is 8.67. The molecule has 0 aromatic carbocycles. The van der Waals surface area contributed by atoms with Crippen molar-refractivity contribution in [3.8, 4) is 0 Å². The minimum Gasteiger partial charge on any atom is -0.394 e. The molecule has 0 N–H and O–H groups in total. The van der Waals surface area contributed by atoms with Gasteiger partial charge in [0.05, 0.1) is 0 Å². The lowest BCUT2D eigenvalue weighted by atomic mass is 10.3. The van der Waals surface area contributed by atoms with Gasteiger partial charge in [-0.15, -0.1) is 0 Å². The molecule has 2 nitrogen and oxygen atoms in total. The van der Waals surface area contributed by atoms with Crippen LogP contribution in [0.25, 0.3) is 0 Å². The van der Waals surface area contributed by atoms with Gasteiger partial charge in [0.1, 0.15) is 3.92 Å². The monoisotopic (exact) mass is 340 g/mol. The zero-order valence-electron chi connectivity index (χ0n) is 4.36. The Morgan fingerprint density at radius 2 is 2.38 bits per heavy atom. The number of hydrogen-bond acceptors (Lipinski definition) is 2.